The Morgan fingerprint density at radius 3 is 2.35 bits per heavy atom. The molecule has 20 heavy (non-hydrogen) atoms. The van der Waals surface area contributed by atoms with Gasteiger partial charge < -0.3 is 5.32 Å². The van der Waals surface area contributed by atoms with E-state index >= 15 is 0 Å². The zero-order valence-electron chi connectivity index (χ0n) is 11.9. The molecule has 0 bridgehead atoms. The van der Waals surface area contributed by atoms with Crippen LogP contribution in [-0.2, 0) is 10.2 Å². The predicted molar refractivity (Wildman–Crippen MR) is 84.1 cm³/mol. The number of hydrazine groups is 1. The molecule has 0 atom stereocenters. The first-order valence-corrected chi connectivity index (χ1v) is 7.38. The molecule has 1 aromatic rings. The van der Waals surface area contributed by atoms with Gasteiger partial charge in [-0.15, -0.1) is 0 Å². The third-order valence-electron chi connectivity index (χ3n) is 3.68. The van der Waals surface area contributed by atoms with Crippen LogP contribution in [0.1, 0.15) is 38.7 Å². The molecule has 5 heteroatoms. The van der Waals surface area contributed by atoms with Crippen LogP contribution >= 0.6 is 12.2 Å². The van der Waals surface area contributed by atoms with E-state index in [9.17, 15) is 4.79 Å². The van der Waals surface area contributed by atoms with Crippen LogP contribution in [0.2, 0.25) is 0 Å². The second-order valence-electron chi connectivity index (χ2n) is 5.51. The van der Waals surface area contributed by atoms with Crippen LogP contribution in [0.4, 0.5) is 0 Å². The molecule has 0 radical (unpaired) electrons. The van der Waals surface area contributed by atoms with Gasteiger partial charge in [0.05, 0.1) is 5.41 Å². The smallest absolute Gasteiger partial charge is 0.249 e. The summed E-state index contributed by atoms with van der Waals surface area (Å²) in [4.78, 5) is 12.5. The molecular weight excluding hydrogens is 270 g/mol. The van der Waals surface area contributed by atoms with E-state index in [4.69, 9.17) is 12.2 Å². The zero-order chi connectivity index (χ0) is 14.6. The summed E-state index contributed by atoms with van der Waals surface area (Å²) in [6.45, 7) is 3.99. The van der Waals surface area contributed by atoms with Gasteiger partial charge in [0.15, 0.2) is 5.11 Å². The first-order valence-electron chi connectivity index (χ1n) is 6.97. The summed E-state index contributed by atoms with van der Waals surface area (Å²) in [5, 5.41) is 3.47. The lowest BCUT2D eigenvalue weighted by molar-refractivity contribution is -0.130. The van der Waals surface area contributed by atoms with Crippen LogP contribution < -0.4 is 16.2 Å². The van der Waals surface area contributed by atoms with Gasteiger partial charge in [-0.25, -0.2) is 0 Å². The van der Waals surface area contributed by atoms with E-state index in [1.54, 1.807) is 0 Å². The van der Waals surface area contributed by atoms with Gasteiger partial charge in [-0.2, -0.15) is 0 Å². The molecule has 0 aliphatic heterocycles. The van der Waals surface area contributed by atoms with E-state index in [1.807, 2.05) is 44.2 Å². The van der Waals surface area contributed by atoms with E-state index in [-0.39, 0.29) is 11.9 Å². The Kier molecular flexibility index (Phi) is 4.60. The van der Waals surface area contributed by atoms with E-state index in [1.165, 1.54) is 0 Å². The van der Waals surface area contributed by atoms with Crippen LogP contribution in [0.5, 0.6) is 0 Å². The lowest BCUT2D eigenvalue weighted by Gasteiger charge is -2.40. The average molecular weight is 291 g/mol. The lowest BCUT2D eigenvalue weighted by atomic mass is 9.64. The fraction of sp³-hybridized carbons (Fsp3) is 0.467. The van der Waals surface area contributed by atoms with Crippen LogP contribution in [0.3, 0.4) is 0 Å². The van der Waals surface area contributed by atoms with Gasteiger partial charge in [0.25, 0.3) is 0 Å². The molecular formula is C15H21N3OS. The Bertz CT molecular complexity index is 483. The number of thiocarbonyl (C=S) groups is 1. The molecule has 0 spiro atoms. The fourth-order valence-electron chi connectivity index (χ4n) is 2.47. The topological polar surface area (TPSA) is 53.2 Å². The minimum atomic E-state index is -0.401. The van der Waals surface area contributed by atoms with Gasteiger partial charge in [0.1, 0.15) is 0 Å². The summed E-state index contributed by atoms with van der Waals surface area (Å²) < 4.78 is 0. The van der Waals surface area contributed by atoms with Crippen LogP contribution in [-0.4, -0.2) is 17.1 Å². The van der Waals surface area contributed by atoms with Gasteiger partial charge in [-0.05, 0) is 44.5 Å². The van der Waals surface area contributed by atoms with Gasteiger partial charge in [-0.1, -0.05) is 36.8 Å². The van der Waals surface area contributed by atoms with Gasteiger partial charge in [0.2, 0.25) is 5.91 Å². The summed E-state index contributed by atoms with van der Waals surface area (Å²) in [5.74, 6) is -0.0112. The highest BCUT2D eigenvalue weighted by Crippen LogP contribution is 2.43. The Morgan fingerprint density at radius 2 is 1.85 bits per heavy atom. The van der Waals surface area contributed by atoms with Crippen molar-refractivity contribution in [2.75, 3.05) is 0 Å². The molecule has 108 valence electrons. The van der Waals surface area contributed by atoms with Crippen molar-refractivity contribution >= 4 is 23.2 Å². The molecule has 1 aliphatic carbocycles. The number of amides is 1. The molecule has 3 N–H and O–H groups in total. The number of nitrogens with one attached hydrogen (secondary N) is 3. The molecule has 0 aromatic heterocycles. The number of benzene rings is 1. The van der Waals surface area contributed by atoms with E-state index < -0.39 is 5.41 Å². The molecule has 0 heterocycles. The maximum atomic E-state index is 12.5. The highest BCUT2D eigenvalue weighted by molar-refractivity contribution is 7.80. The van der Waals surface area contributed by atoms with Crippen molar-refractivity contribution in [1.29, 1.82) is 0 Å². The minimum absolute atomic E-state index is 0.0112. The SMILES string of the molecule is CC(C)NC(=S)NNC(=O)C1(c2ccccc2)CCC1. The monoisotopic (exact) mass is 291 g/mol. The number of hydrogen-bond donors (Lipinski definition) is 3. The Balaban J connectivity index is 1.98. The summed E-state index contributed by atoms with van der Waals surface area (Å²) in [5.41, 5.74) is 6.19. The second kappa shape index (κ2) is 6.22. The van der Waals surface area contributed by atoms with Gasteiger partial charge in [0, 0.05) is 6.04 Å². The van der Waals surface area contributed by atoms with Crippen molar-refractivity contribution in [3.63, 3.8) is 0 Å². The quantitative estimate of drug-likeness (QED) is 0.589. The summed E-state index contributed by atoms with van der Waals surface area (Å²) >= 11 is 5.11. The van der Waals surface area contributed by atoms with Crippen molar-refractivity contribution < 1.29 is 4.79 Å². The molecule has 0 saturated heterocycles. The Morgan fingerprint density at radius 1 is 1.20 bits per heavy atom. The second-order valence-corrected chi connectivity index (χ2v) is 5.92. The average Bonchev–Trinajstić information content (AvgIpc) is 2.35. The minimum Gasteiger partial charge on any atom is -0.359 e. The maximum Gasteiger partial charge on any atom is 0.249 e. The Labute approximate surface area is 125 Å². The molecule has 1 saturated carbocycles. The van der Waals surface area contributed by atoms with Crippen molar-refractivity contribution in [3.8, 4) is 0 Å². The van der Waals surface area contributed by atoms with E-state index in [0.29, 0.717) is 5.11 Å². The normalized spacial score (nSPS) is 16.1. The zero-order valence-corrected chi connectivity index (χ0v) is 12.7. The molecule has 1 fully saturated rings. The third-order valence-corrected chi connectivity index (χ3v) is 3.90. The van der Waals surface area contributed by atoms with Crippen molar-refractivity contribution in [2.45, 2.75) is 44.6 Å². The summed E-state index contributed by atoms with van der Waals surface area (Å²) in [6, 6.07) is 10.2. The standard InChI is InChI=1S/C15H21N3OS/c1-11(2)16-14(20)18-17-13(19)15(9-6-10-15)12-7-4-3-5-8-12/h3-5,7-8,11H,6,9-10H2,1-2H3,(H,17,19)(H2,16,18,20). The molecule has 2 rings (SSSR count). The summed E-state index contributed by atoms with van der Waals surface area (Å²) in [7, 11) is 0. The van der Waals surface area contributed by atoms with Crippen LogP contribution in [0.25, 0.3) is 0 Å². The lowest BCUT2D eigenvalue weighted by Crippen LogP contribution is -2.56. The van der Waals surface area contributed by atoms with Crippen molar-refractivity contribution in [2.24, 2.45) is 0 Å². The van der Waals surface area contributed by atoms with Crippen molar-refractivity contribution in [3.05, 3.63) is 35.9 Å². The molecule has 1 aromatic carbocycles. The van der Waals surface area contributed by atoms with E-state index in [2.05, 4.69) is 16.2 Å². The molecule has 1 amide bonds. The molecule has 1 aliphatic rings. The number of rotatable bonds is 3. The summed E-state index contributed by atoms with van der Waals surface area (Å²) in [6.07, 6.45) is 2.85. The van der Waals surface area contributed by atoms with Crippen LogP contribution in [0.15, 0.2) is 30.3 Å². The van der Waals surface area contributed by atoms with Gasteiger partial charge >= 0.3 is 0 Å². The predicted octanol–water partition coefficient (Wildman–Crippen LogP) is 2.01. The highest BCUT2D eigenvalue weighted by Gasteiger charge is 2.45. The first-order chi connectivity index (χ1) is 9.54. The van der Waals surface area contributed by atoms with Gasteiger partial charge in [-0.3, -0.25) is 15.6 Å². The largest absolute Gasteiger partial charge is 0.359 e. The van der Waals surface area contributed by atoms with Crippen molar-refractivity contribution in [1.82, 2.24) is 16.2 Å². The van der Waals surface area contributed by atoms with E-state index in [0.717, 1.165) is 24.8 Å². The first kappa shape index (κ1) is 14.8. The van der Waals surface area contributed by atoms with Crippen LogP contribution in [0, 0.1) is 0 Å². The number of carbonyl (C=O) groups excluding carboxylic acids is 1. The highest BCUT2D eigenvalue weighted by atomic mass is 32.1. The molecule has 0 unspecified atom stereocenters. The molecule has 4 nitrogen and oxygen atoms in total. The maximum absolute atomic E-state index is 12.5. The number of hydrogen-bond acceptors (Lipinski definition) is 2. The third kappa shape index (κ3) is 3.10. The number of carbonyl (C=O) groups is 1. The Hall–Kier alpha value is -1.62. The fourth-order valence-corrected chi connectivity index (χ4v) is 2.75.